The Hall–Kier alpha value is -0.838. The number of amides is 1. The first kappa shape index (κ1) is 16.2. The van der Waals surface area contributed by atoms with Crippen LogP contribution in [-0.4, -0.2) is 35.9 Å². The van der Waals surface area contributed by atoms with Crippen molar-refractivity contribution in [1.29, 1.82) is 0 Å². The average Bonchev–Trinajstić information content (AvgIpc) is 2.24. The first-order valence-electron chi connectivity index (χ1n) is 4.43. The fourth-order valence-corrected chi connectivity index (χ4v) is 1.20. The minimum atomic E-state index is -0.578. The van der Waals surface area contributed by atoms with Gasteiger partial charge in [-0.05, 0) is 18.2 Å². The first-order valence-corrected chi connectivity index (χ1v) is 5.34. The third kappa shape index (κ3) is 7.15. The predicted molar refractivity (Wildman–Crippen MR) is 70.7 cm³/mol. The van der Waals surface area contributed by atoms with Crippen molar-refractivity contribution in [1.82, 2.24) is 0 Å². The molecule has 1 aromatic carbocycles. The molecule has 3 radical (unpaired) electrons. The fourth-order valence-electron chi connectivity index (χ4n) is 0.920. The second kappa shape index (κ2) is 9.22. The zero-order valence-corrected chi connectivity index (χ0v) is 11.5. The van der Waals surface area contributed by atoms with Crippen molar-refractivity contribution in [2.24, 2.45) is 0 Å². The van der Waals surface area contributed by atoms with Gasteiger partial charge in [-0.3, -0.25) is 5.32 Å². The van der Waals surface area contributed by atoms with Gasteiger partial charge in [0.2, 0.25) is 0 Å². The minimum Gasteiger partial charge on any atom is -0.436 e. The molecular formula is C11H9AlCl2NO2. The van der Waals surface area contributed by atoms with E-state index in [1.165, 1.54) is 0 Å². The molecule has 0 aliphatic carbocycles. The number of hydrogen-bond acceptors (Lipinski definition) is 2. The zero-order valence-electron chi connectivity index (χ0n) is 8.87. The molecule has 0 saturated carbocycles. The van der Waals surface area contributed by atoms with E-state index in [0.717, 1.165) is 0 Å². The Morgan fingerprint density at radius 3 is 2.82 bits per heavy atom. The SMILES string of the molecule is O=C(Nc1cccc(Cl)c1)OCC#CCCl.[Al]. The molecule has 0 aromatic heterocycles. The van der Waals surface area contributed by atoms with Gasteiger partial charge in [0, 0.05) is 28.1 Å². The molecule has 0 atom stereocenters. The van der Waals surface area contributed by atoms with Gasteiger partial charge in [0.1, 0.15) is 0 Å². The molecule has 0 fully saturated rings. The zero-order chi connectivity index (χ0) is 11.8. The van der Waals surface area contributed by atoms with E-state index in [-0.39, 0.29) is 29.8 Å². The number of benzene rings is 1. The molecule has 1 aromatic rings. The number of carbonyl (C=O) groups is 1. The lowest BCUT2D eigenvalue weighted by molar-refractivity contribution is 0.176. The maximum atomic E-state index is 11.2. The van der Waals surface area contributed by atoms with Gasteiger partial charge in [-0.2, -0.15) is 0 Å². The number of carbonyl (C=O) groups excluding carboxylic acids is 1. The van der Waals surface area contributed by atoms with Gasteiger partial charge >= 0.3 is 6.09 Å². The van der Waals surface area contributed by atoms with Gasteiger partial charge < -0.3 is 4.74 Å². The molecule has 1 amide bonds. The van der Waals surface area contributed by atoms with Gasteiger partial charge in [-0.25, -0.2) is 4.79 Å². The average molecular weight is 285 g/mol. The van der Waals surface area contributed by atoms with E-state index in [0.29, 0.717) is 10.7 Å². The van der Waals surface area contributed by atoms with Crippen molar-refractivity contribution in [3.8, 4) is 11.8 Å². The molecule has 0 aliphatic rings. The lowest BCUT2D eigenvalue weighted by Crippen LogP contribution is -2.13. The third-order valence-electron chi connectivity index (χ3n) is 1.54. The van der Waals surface area contributed by atoms with Crippen LogP contribution in [0.4, 0.5) is 10.5 Å². The highest BCUT2D eigenvalue weighted by Gasteiger charge is 2.01. The fraction of sp³-hybridized carbons (Fsp3) is 0.182. The van der Waals surface area contributed by atoms with Crippen LogP contribution in [0, 0.1) is 11.8 Å². The van der Waals surface area contributed by atoms with Crippen LogP contribution in [0.1, 0.15) is 0 Å². The van der Waals surface area contributed by atoms with Gasteiger partial charge in [-0.1, -0.05) is 29.5 Å². The van der Waals surface area contributed by atoms with E-state index < -0.39 is 6.09 Å². The van der Waals surface area contributed by atoms with Crippen LogP contribution in [-0.2, 0) is 4.74 Å². The topological polar surface area (TPSA) is 38.3 Å². The summed E-state index contributed by atoms with van der Waals surface area (Å²) in [6.07, 6.45) is -0.578. The molecule has 1 rings (SSSR count). The highest BCUT2D eigenvalue weighted by molar-refractivity contribution is 6.30. The van der Waals surface area contributed by atoms with Crippen LogP contribution in [0.2, 0.25) is 5.02 Å². The summed E-state index contributed by atoms with van der Waals surface area (Å²) < 4.78 is 4.76. The summed E-state index contributed by atoms with van der Waals surface area (Å²) in [5, 5.41) is 3.05. The second-order valence-corrected chi connectivity index (χ2v) is 3.40. The number of alkyl halides is 1. The summed E-state index contributed by atoms with van der Waals surface area (Å²) in [6, 6.07) is 6.76. The summed E-state index contributed by atoms with van der Waals surface area (Å²) in [6.45, 7) is 0.0130. The Kier molecular flexibility index (Phi) is 8.77. The highest BCUT2D eigenvalue weighted by Crippen LogP contribution is 2.14. The smallest absolute Gasteiger partial charge is 0.412 e. The maximum absolute atomic E-state index is 11.2. The van der Waals surface area contributed by atoms with Crippen LogP contribution in [0.25, 0.3) is 0 Å². The van der Waals surface area contributed by atoms with Gasteiger partial charge in [-0.15, -0.1) is 11.6 Å². The third-order valence-corrected chi connectivity index (χ3v) is 1.91. The van der Waals surface area contributed by atoms with E-state index >= 15 is 0 Å². The van der Waals surface area contributed by atoms with Crippen LogP contribution >= 0.6 is 23.2 Å². The Morgan fingerprint density at radius 1 is 1.41 bits per heavy atom. The van der Waals surface area contributed by atoms with E-state index in [1.54, 1.807) is 24.3 Å². The van der Waals surface area contributed by atoms with Crippen molar-refractivity contribution in [3.63, 3.8) is 0 Å². The molecule has 0 saturated heterocycles. The number of ether oxygens (including phenoxy) is 1. The Bertz CT molecular complexity index is 429. The lowest BCUT2D eigenvalue weighted by Gasteiger charge is -2.04. The van der Waals surface area contributed by atoms with Crippen LogP contribution < -0.4 is 5.32 Å². The molecular weight excluding hydrogens is 276 g/mol. The molecule has 17 heavy (non-hydrogen) atoms. The molecule has 0 unspecified atom stereocenters. The Labute approximate surface area is 121 Å². The molecule has 0 spiro atoms. The standard InChI is InChI=1S/C11H9Cl2NO2.Al/c12-6-1-2-7-16-11(15)14-10-5-3-4-9(13)8-10;/h3-5,8H,6-7H2,(H,14,15);. The van der Waals surface area contributed by atoms with E-state index in [9.17, 15) is 4.79 Å². The lowest BCUT2D eigenvalue weighted by atomic mass is 10.3. The largest absolute Gasteiger partial charge is 0.436 e. The molecule has 0 heterocycles. The number of hydrogen-bond donors (Lipinski definition) is 1. The number of rotatable bonds is 2. The molecule has 0 bridgehead atoms. The molecule has 1 N–H and O–H groups in total. The van der Waals surface area contributed by atoms with E-state index in [2.05, 4.69) is 17.2 Å². The number of nitrogens with one attached hydrogen (secondary N) is 1. The number of halogens is 2. The quantitative estimate of drug-likeness (QED) is 0.515. The summed E-state index contributed by atoms with van der Waals surface area (Å²) in [4.78, 5) is 11.2. The number of anilines is 1. The normalized spacial score (nSPS) is 8.35. The summed E-state index contributed by atoms with van der Waals surface area (Å²) in [5.74, 6) is 5.36. The molecule has 87 valence electrons. The van der Waals surface area contributed by atoms with E-state index in [4.69, 9.17) is 27.9 Å². The second-order valence-electron chi connectivity index (χ2n) is 2.70. The monoisotopic (exact) mass is 284 g/mol. The van der Waals surface area contributed by atoms with Crippen molar-refractivity contribution < 1.29 is 9.53 Å². The minimum absolute atomic E-state index is 0. The van der Waals surface area contributed by atoms with Crippen molar-refractivity contribution in [2.75, 3.05) is 17.8 Å². The van der Waals surface area contributed by atoms with Gasteiger partial charge in [0.25, 0.3) is 0 Å². The Morgan fingerprint density at radius 2 is 2.18 bits per heavy atom. The van der Waals surface area contributed by atoms with Gasteiger partial charge in [0.05, 0.1) is 5.88 Å². The molecule has 6 heteroatoms. The highest BCUT2D eigenvalue weighted by atomic mass is 35.5. The summed E-state index contributed by atoms with van der Waals surface area (Å²) in [7, 11) is 0. The van der Waals surface area contributed by atoms with E-state index in [1.807, 2.05) is 0 Å². The van der Waals surface area contributed by atoms with Gasteiger partial charge in [0.15, 0.2) is 6.61 Å². The van der Waals surface area contributed by atoms with Crippen LogP contribution in [0.3, 0.4) is 0 Å². The maximum Gasteiger partial charge on any atom is 0.412 e. The van der Waals surface area contributed by atoms with Crippen LogP contribution in [0.5, 0.6) is 0 Å². The molecule has 3 nitrogen and oxygen atoms in total. The van der Waals surface area contributed by atoms with Crippen molar-refractivity contribution in [3.05, 3.63) is 29.3 Å². The molecule has 0 aliphatic heterocycles. The van der Waals surface area contributed by atoms with Crippen molar-refractivity contribution >= 4 is 52.3 Å². The summed E-state index contributed by atoms with van der Waals surface area (Å²) >= 11 is 11.1. The van der Waals surface area contributed by atoms with Crippen molar-refractivity contribution in [2.45, 2.75) is 0 Å². The predicted octanol–water partition coefficient (Wildman–Crippen LogP) is 2.75. The summed E-state index contributed by atoms with van der Waals surface area (Å²) in [5.41, 5.74) is 0.572. The first-order chi connectivity index (χ1) is 7.72. The van der Waals surface area contributed by atoms with Crippen LogP contribution in [0.15, 0.2) is 24.3 Å². The Balaban J connectivity index is 0.00000256.